The molecule has 1 saturated carbocycles. The number of Topliss-reactive ketones (excluding diaryl/α,β-unsaturated/α-hetero) is 1. The van der Waals surface area contributed by atoms with Gasteiger partial charge in [-0.2, -0.15) is 4.31 Å². The molecule has 146 valence electrons. The lowest BCUT2D eigenvalue weighted by atomic mass is 9.88. The highest BCUT2D eigenvalue weighted by atomic mass is 32.2. The number of likely N-dealkylation sites (tertiary alicyclic amines) is 1. The summed E-state index contributed by atoms with van der Waals surface area (Å²) in [5.74, 6) is 5.45. The first kappa shape index (κ1) is 18.4. The molecule has 2 N–H and O–H groups in total. The Labute approximate surface area is 159 Å². The molecule has 3 fully saturated rings. The van der Waals surface area contributed by atoms with Crippen molar-refractivity contribution in [3.05, 3.63) is 24.5 Å². The van der Waals surface area contributed by atoms with Gasteiger partial charge in [-0.25, -0.2) is 14.3 Å². The largest absolute Gasteiger partial charge is 0.331 e. The average Bonchev–Trinajstić information content (AvgIpc) is 3.23. The molecule has 2 unspecified atom stereocenters. The second-order valence-electron chi connectivity index (χ2n) is 7.67. The van der Waals surface area contributed by atoms with Gasteiger partial charge in [0, 0.05) is 18.5 Å². The zero-order chi connectivity index (χ0) is 19.2. The number of carbonyl (C=O) groups excluding carboxylic acids is 2. The van der Waals surface area contributed by atoms with Gasteiger partial charge in [-0.3, -0.25) is 9.59 Å². The summed E-state index contributed by atoms with van der Waals surface area (Å²) in [7, 11) is -3.85. The first-order valence-corrected chi connectivity index (χ1v) is 10.9. The fourth-order valence-electron chi connectivity index (χ4n) is 4.68. The summed E-state index contributed by atoms with van der Waals surface area (Å²) in [5.41, 5.74) is 0. The van der Waals surface area contributed by atoms with Crippen molar-refractivity contribution in [3.63, 3.8) is 0 Å². The summed E-state index contributed by atoms with van der Waals surface area (Å²) >= 11 is 0. The van der Waals surface area contributed by atoms with Gasteiger partial charge in [0.1, 0.15) is 10.9 Å². The smallest absolute Gasteiger partial charge is 0.249 e. The van der Waals surface area contributed by atoms with Crippen molar-refractivity contribution < 1.29 is 22.7 Å². The van der Waals surface area contributed by atoms with Gasteiger partial charge in [-0.1, -0.05) is 23.9 Å². The molecule has 3 heterocycles. The van der Waals surface area contributed by atoms with E-state index in [4.69, 9.17) is 5.84 Å². The van der Waals surface area contributed by atoms with Crippen LogP contribution in [0.25, 0.3) is 0 Å². The monoisotopic (exact) mass is 393 g/mol. The number of carbonyl (C=O) groups is 2. The first-order valence-electron chi connectivity index (χ1n) is 9.51. The zero-order valence-corrected chi connectivity index (χ0v) is 16.0. The van der Waals surface area contributed by atoms with Crippen LogP contribution in [0.4, 0.5) is 0 Å². The molecular weight excluding hydrogens is 368 g/mol. The molecule has 1 amide bonds. The number of hydrogen-bond acceptors (Lipinski definition) is 5. The Morgan fingerprint density at radius 2 is 1.93 bits per heavy atom. The maximum Gasteiger partial charge on any atom is 0.249 e. The number of pyridine rings is 1. The van der Waals surface area contributed by atoms with E-state index in [0.717, 1.165) is 32.1 Å². The van der Waals surface area contributed by atoms with Crippen LogP contribution in [-0.2, 0) is 19.6 Å². The number of sulfonamides is 1. The highest BCUT2D eigenvalue weighted by Crippen LogP contribution is 2.36. The molecule has 0 bridgehead atoms. The maximum absolute atomic E-state index is 13.1. The van der Waals surface area contributed by atoms with Gasteiger partial charge < -0.3 is 4.90 Å². The molecule has 1 aliphatic carbocycles. The Hall–Kier alpha value is -2.00. The molecular formula is C18H25N4O4S+. The van der Waals surface area contributed by atoms with Crippen molar-refractivity contribution >= 4 is 21.7 Å². The van der Waals surface area contributed by atoms with Crippen molar-refractivity contribution in [3.8, 4) is 0 Å². The van der Waals surface area contributed by atoms with Gasteiger partial charge in [0.15, 0.2) is 12.0 Å². The molecule has 1 aromatic heterocycles. The standard InChI is InChI=1S/C18H25N4O4S/c19-20-9-4-7-14(11-20)27(25,26)22-12-16(23)17-15(22)8-10-21(17)18(24)13-5-2-1-3-6-13/h4,7,9,11,13,15,17H,1-3,5-6,8,10,12,19H2/q+1. The molecule has 1 aromatic rings. The lowest BCUT2D eigenvalue weighted by Gasteiger charge is -2.29. The second-order valence-corrected chi connectivity index (χ2v) is 9.56. The summed E-state index contributed by atoms with van der Waals surface area (Å²) in [6.45, 7) is 0.250. The van der Waals surface area contributed by atoms with Gasteiger partial charge in [-0.15, -0.1) is 0 Å². The molecule has 2 atom stereocenters. The van der Waals surface area contributed by atoms with E-state index in [1.54, 1.807) is 11.0 Å². The summed E-state index contributed by atoms with van der Waals surface area (Å²) in [5, 5.41) is 0. The van der Waals surface area contributed by atoms with E-state index in [0.29, 0.717) is 13.0 Å². The Kier molecular flexibility index (Phi) is 4.67. The Bertz CT molecular complexity index is 866. The van der Waals surface area contributed by atoms with E-state index in [2.05, 4.69) is 0 Å². The molecule has 2 aliphatic heterocycles. The third-order valence-electron chi connectivity index (χ3n) is 6.02. The summed E-state index contributed by atoms with van der Waals surface area (Å²) in [6.07, 6.45) is 8.32. The van der Waals surface area contributed by atoms with Gasteiger partial charge in [0.2, 0.25) is 22.1 Å². The van der Waals surface area contributed by atoms with Crippen LogP contribution in [0, 0.1) is 5.92 Å². The van der Waals surface area contributed by atoms with E-state index in [-0.39, 0.29) is 29.0 Å². The Morgan fingerprint density at radius 1 is 1.19 bits per heavy atom. The van der Waals surface area contributed by atoms with Crippen molar-refractivity contribution in [2.45, 2.75) is 55.5 Å². The quantitative estimate of drug-likeness (QED) is 0.566. The van der Waals surface area contributed by atoms with Crippen LogP contribution >= 0.6 is 0 Å². The second kappa shape index (κ2) is 6.87. The van der Waals surface area contributed by atoms with E-state index in [9.17, 15) is 18.0 Å². The van der Waals surface area contributed by atoms with Crippen molar-refractivity contribution in [1.29, 1.82) is 0 Å². The average molecular weight is 393 g/mol. The molecule has 8 nitrogen and oxygen atoms in total. The van der Waals surface area contributed by atoms with Gasteiger partial charge in [0.05, 0.1) is 12.6 Å². The predicted molar refractivity (Wildman–Crippen MR) is 96.2 cm³/mol. The number of nitrogens with zero attached hydrogens (tertiary/aromatic N) is 3. The van der Waals surface area contributed by atoms with Crippen molar-refractivity contribution in [1.82, 2.24) is 9.21 Å². The Balaban J connectivity index is 1.58. The molecule has 27 heavy (non-hydrogen) atoms. The number of aromatic nitrogens is 1. The van der Waals surface area contributed by atoms with E-state index in [1.165, 1.54) is 27.4 Å². The molecule has 0 spiro atoms. The van der Waals surface area contributed by atoms with E-state index < -0.39 is 22.1 Å². The molecule has 0 aromatic carbocycles. The highest BCUT2D eigenvalue weighted by molar-refractivity contribution is 7.89. The van der Waals surface area contributed by atoms with Crippen molar-refractivity contribution in [2.24, 2.45) is 5.92 Å². The lowest BCUT2D eigenvalue weighted by Crippen LogP contribution is -2.46. The van der Waals surface area contributed by atoms with Crippen LogP contribution in [0.15, 0.2) is 29.4 Å². The summed E-state index contributed by atoms with van der Waals surface area (Å²) in [6, 6.07) is 1.89. The van der Waals surface area contributed by atoms with E-state index >= 15 is 0 Å². The number of amides is 1. The third kappa shape index (κ3) is 3.12. The van der Waals surface area contributed by atoms with Crippen LogP contribution in [0.5, 0.6) is 0 Å². The molecule has 3 aliphatic rings. The number of hydrogen-bond donors (Lipinski definition) is 1. The van der Waals surface area contributed by atoms with Gasteiger partial charge in [-0.05, 0) is 25.3 Å². The predicted octanol–water partition coefficient (Wildman–Crippen LogP) is -0.189. The number of nitrogen functional groups attached to an aromatic ring is 1. The fourth-order valence-corrected chi connectivity index (χ4v) is 6.33. The van der Waals surface area contributed by atoms with Crippen LogP contribution in [0.2, 0.25) is 0 Å². The topological polar surface area (TPSA) is 105 Å². The number of nitrogens with two attached hydrogens (primary N) is 1. The van der Waals surface area contributed by atoms with Crippen LogP contribution in [0.1, 0.15) is 38.5 Å². The van der Waals surface area contributed by atoms with Gasteiger partial charge >= 0.3 is 0 Å². The normalized spacial score (nSPS) is 27.1. The number of ketones is 1. The highest BCUT2D eigenvalue weighted by Gasteiger charge is 2.54. The third-order valence-corrected chi connectivity index (χ3v) is 7.87. The van der Waals surface area contributed by atoms with Crippen LogP contribution in [-0.4, -0.2) is 54.5 Å². The minimum atomic E-state index is -3.85. The number of rotatable bonds is 3. The molecule has 2 saturated heterocycles. The SMILES string of the molecule is N[n+]1cccc(S(=O)(=O)N2CC(=O)C3C2CCN3C(=O)C2CCCCC2)c1. The maximum atomic E-state index is 13.1. The molecule has 0 radical (unpaired) electrons. The first-order chi connectivity index (χ1) is 12.9. The van der Waals surface area contributed by atoms with Gasteiger partial charge in [0.25, 0.3) is 0 Å². The minimum absolute atomic E-state index is 0.0225. The van der Waals surface area contributed by atoms with E-state index in [1.807, 2.05) is 0 Å². The number of fused-ring (bicyclic) bond motifs is 1. The minimum Gasteiger partial charge on any atom is -0.331 e. The van der Waals surface area contributed by atoms with Crippen molar-refractivity contribution in [2.75, 3.05) is 18.9 Å². The molecule has 9 heteroatoms. The summed E-state index contributed by atoms with van der Waals surface area (Å²) in [4.78, 5) is 27.3. The lowest BCUT2D eigenvalue weighted by molar-refractivity contribution is -0.641. The fraction of sp³-hybridized carbons (Fsp3) is 0.611. The van der Waals surface area contributed by atoms with Crippen LogP contribution < -0.4 is 10.5 Å². The molecule has 4 rings (SSSR count). The Morgan fingerprint density at radius 3 is 2.63 bits per heavy atom. The van der Waals surface area contributed by atoms with Crippen LogP contribution in [0.3, 0.4) is 0 Å². The zero-order valence-electron chi connectivity index (χ0n) is 15.2. The summed E-state index contributed by atoms with van der Waals surface area (Å²) < 4.78 is 28.5.